The summed E-state index contributed by atoms with van der Waals surface area (Å²) in [7, 11) is 0. The maximum absolute atomic E-state index is 12.1. The number of rotatable bonds is 3. The number of hydrogen-bond donors (Lipinski definition) is 3. The highest BCUT2D eigenvalue weighted by atomic mass is 16.3. The number of phenols is 2. The van der Waals surface area contributed by atoms with Crippen molar-refractivity contribution >= 4 is 5.91 Å². The van der Waals surface area contributed by atoms with Gasteiger partial charge in [-0.25, -0.2) is 0 Å². The van der Waals surface area contributed by atoms with Gasteiger partial charge in [-0.05, 0) is 43.9 Å². The fraction of sp³-hybridized carbons (Fsp3) is 0.533. The molecule has 0 saturated heterocycles. The van der Waals surface area contributed by atoms with Crippen molar-refractivity contribution in [3.63, 3.8) is 0 Å². The van der Waals surface area contributed by atoms with Crippen LogP contribution in [0.3, 0.4) is 0 Å². The van der Waals surface area contributed by atoms with Gasteiger partial charge in [-0.1, -0.05) is 20.8 Å². The van der Waals surface area contributed by atoms with E-state index in [-0.39, 0.29) is 28.4 Å². The zero-order chi connectivity index (χ0) is 14.8. The second-order valence-electron chi connectivity index (χ2n) is 6.78. The van der Waals surface area contributed by atoms with Gasteiger partial charge in [-0.2, -0.15) is 0 Å². The molecule has 0 aliphatic carbocycles. The van der Waals surface area contributed by atoms with Crippen LogP contribution in [-0.2, 0) is 0 Å². The molecule has 0 heterocycles. The van der Waals surface area contributed by atoms with Crippen LogP contribution in [-0.4, -0.2) is 21.7 Å². The lowest BCUT2D eigenvalue weighted by molar-refractivity contribution is 0.0888. The molecule has 4 heteroatoms. The van der Waals surface area contributed by atoms with Gasteiger partial charge in [0, 0.05) is 5.54 Å². The average Bonchev–Trinajstić information content (AvgIpc) is 2.16. The summed E-state index contributed by atoms with van der Waals surface area (Å²) in [6.45, 7) is 10.2. The predicted molar refractivity (Wildman–Crippen MR) is 75.4 cm³/mol. The summed E-state index contributed by atoms with van der Waals surface area (Å²) < 4.78 is 0. The van der Waals surface area contributed by atoms with Crippen molar-refractivity contribution in [3.8, 4) is 11.5 Å². The molecule has 0 spiro atoms. The molecular weight excluding hydrogens is 242 g/mol. The van der Waals surface area contributed by atoms with E-state index in [0.717, 1.165) is 6.42 Å². The highest BCUT2D eigenvalue weighted by Crippen LogP contribution is 2.28. The van der Waals surface area contributed by atoms with Crippen LogP contribution in [0, 0.1) is 5.41 Å². The monoisotopic (exact) mass is 265 g/mol. The molecule has 19 heavy (non-hydrogen) atoms. The number of carbonyl (C=O) groups excluding carboxylic acids is 1. The number of hydrogen-bond acceptors (Lipinski definition) is 3. The fourth-order valence-electron chi connectivity index (χ4n) is 2.45. The van der Waals surface area contributed by atoms with Gasteiger partial charge in [0.25, 0.3) is 5.91 Å². The van der Waals surface area contributed by atoms with E-state index in [9.17, 15) is 15.0 Å². The van der Waals surface area contributed by atoms with Crippen molar-refractivity contribution in [2.45, 2.75) is 46.6 Å². The number of phenolic OH excluding ortho intramolecular Hbond substituents is 2. The lowest BCUT2D eigenvalue weighted by Crippen LogP contribution is -2.45. The molecule has 106 valence electrons. The van der Waals surface area contributed by atoms with Crippen LogP contribution in [0.5, 0.6) is 11.5 Å². The van der Waals surface area contributed by atoms with Crippen LogP contribution in [0.15, 0.2) is 18.2 Å². The first-order valence-corrected chi connectivity index (χ1v) is 6.35. The van der Waals surface area contributed by atoms with Gasteiger partial charge in [0.2, 0.25) is 0 Å². The van der Waals surface area contributed by atoms with Gasteiger partial charge in [0.15, 0.2) is 0 Å². The predicted octanol–water partition coefficient (Wildman–Crippen LogP) is 3.04. The van der Waals surface area contributed by atoms with E-state index in [1.165, 1.54) is 18.2 Å². The van der Waals surface area contributed by atoms with E-state index in [4.69, 9.17) is 0 Å². The molecule has 0 aromatic heterocycles. The fourth-order valence-corrected chi connectivity index (χ4v) is 2.45. The standard InChI is InChI=1S/C15H23NO3/c1-14(2,3)9-15(4,5)16-13(19)11-8-10(17)6-7-12(11)18/h6-8,17-18H,9H2,1-5H3,(H,16,19). The minimum atomic E-state index is -0.396. The molecule has 4 nitrogen and oxygen atoms in total. The summed E-state index contributed by atoms with van der Waals surface area (Å²) in [5.74, 6) is -0.568. The minimum Gasteiger partial charge on any atom is -0.508 e. The molecule has 3 N–H and O–H groups in total. The van der Waals surface area contributed by atoms with Crippen molar-refractivity contribution in [1.29, 1.82) is 0 Å². The first-order chi connectivity index (χ1) is 8.50. The molecule has 1 rings (SSSR count). The average molecular weight is 265 g/mol. The molecule has 0 aliphatic heterocycles. The first-order valence-electron chi connectivity index (χ1n) is 6.35. The van der Waals surface area contributed by atoms with Crippen LogP contribution >= 0.6 is 0 Å². The van der Waals surface area contributed by atoms with E-state index < -0.39 is 5.54 Å². The van der Waals surface area contributed by atoms with Gasteiger partial charge in [-0.15, -0.1) is 0 Å². The summed E-state index contributed by atoms with van der Waals surface area (Å²) in [5.41, 5.74) is -0.229. The third-order valence-corrected chi connectivity index (χ3v) is 2.65. The Morgan fingerprint density at radius 2 is 1.74 bits per heavy atom. The summed E-state index contributed by atoms with van der Waals surface area (Å²) >= 11 is 0. The molecule has 0 saturated carbocycles. The normalized spacial score (nSPS) is 12.3. The van der Waals surface area contributed by atoms with Crippen molar-refractivity contribution < 1.29 is 15.0 Å². The van der Waals surface area contributed by atoms with Crippen LogP contribution < -0.4 is 5.32 Å². The zero-order valence-corrected chi connectivity index (χ0v) is 12.2. The van der Waals surface area contributed by atoms with E-state index >= 15 is 0 Å². The number of amides is 1. The van der Waals surface area contributed by atoms with E-state index in [0.29, 0.717) is 0 Å². The Kier molecular flexibility index (Phi) is 4.13. The summed E-state index contributed by atoms with van der Waals surface area (Å²) in [4.78, 5) is 12.1. The smallest absolute Gasteiger partial charge is 0.255 e. The quantitative estimate of drug-likeness (QED) is 0.736. The maximum atomic E-state index is 12.1. The lowest BCUT2D eigenvalue weighted by Gasteiger charge is -2.33. The molecule has 0 bridgehead atoms. The van der Waals surface area contributed by atoms with Gasteiger partial charge >= 0.3 is 0 Å². The van der Waals surface area contributed by atoms with E-state index in [1.807, 2.05) is 13.8 Å². The number of nitrogens with one attached hydrogen (secondary N) is 1. The second-order valence-corrected chi connectivity index (χ2v) is 6.78. The van der Waals surface area contributed by atoms with Crippen LogP contribution in [0.25, 0.3) is 0 Å². The molecular formula is C15H23NO3. The first kappa shape index (κ1) is 15.3. The van der Waals surface area contributed by atoms with Gasteiger partial charge in [0.1, 0.15) is 11.5 Å². The van der Waals surface area contributed by atoms with Gasteiger partial charge in [-0.3, -0.25) is 4.79 Å². The molecule has 0 radical (unpaired) electrons. The largest absolute Gasteiger partial charge is 0.508 e. The third-order valence-electron chi connectivity index (χ3n) is 2.65. The summed E-state index contributed by atoms with van der Waals surface area (Å²) in [6.07, 6.45) is 0.797. The Labute approximate surface area is 114 Å². The van der Waals surface area contributed by atoms with E-state index in [2.05, 4.69) is 26.1 Å². The van der Waals surface area contributed by atoms with Gasteiger partial charge < -0.3 is 15.5 Å². The maximum Gasteiger partial charge on any atom is 0.255 e. The van der Waals surface area contributed by atoms with E-state index in [1.54, 1.807) is 0 Å². The Balaban J connectivity index is 2.87. The Bertz CT molecular complexity index is 473. The van der Waals surface area contributed by atoms with Crippen molar-refractivity contribution in [3.05, 3.63) is 23.8 Å². The number of carbonyl (C=O) groups is 1. The second kappa shape index (κ2) is 5.11. The minimum absolute atomic E-state index is 0.0448. The van der Waals surface area contributed by atoms with Gasteiger partial charge in [0.05, 0.1) is 5.56 Å². The molecule has 0 fully saturated rings. The van der Waals surface area contributed by atoms with Crippen molar-refractivity contribution in [2.75, 3.05) is 0 Å². The molecule has 1 amide bonds. The molecule has 0 atom stereocenters. The Morgan fingerprint density at radius 3 is 2.26 bits per heavy atom. The SMILES string of the molecule is CC(C)(C)CC(C)(C)NC(=O)c1cc(O)ccc1O. The zero-order valence-electron chi connectivity index (χ0n) is 12.2. The van der Waals surface area contributed by atoms with Crippen molar-refractivity contribution in [2.24, 2.45) is 5.41 Å². The molecule has 1 aromatic carbocycles. The molecule has 0 unspecified atom stereocenters. The Hall–Kier alpha value is -1.71. The van der Waals surface area contributed by atoms with Crippen LogP contribution in [0.2, 0.25) is 0 Å². The number of benzene rings is 1. The highest BCUT2D eigenvalue weighted by molar-refractivity contribution is 5.97. The highest BCUT2D eigenvalue weighted by Gasteiger charge is 2.28. The molecule has 0 aliphatic rings. The topological polar surface area (TPSA) is 69.6 Å². The van der Waals surface area contributed by atoms with Crippen LogP contribution in [0.4, 0.5) is 0 Å². The van der Waals surface area contributed by atoms with Crippen molar-refractivity contribution in [1.82, 2.24) is 5.32 Å². The lowest BCUT2D eigenvalue weighted by atomic mass is 9.81. The molecule has 1 aromatic rings. The summed E-state index contributed by atoms with van der Waals surface area (Å²) in [6, 6.07) is 3.91. The third kappa shape index (κ3) is 4.81. The summed E-state index contributed by atoms with van der Waals surface area (Å²) in [5, 5.41) is 21.9. The number of aromatic hydroxyl groups is 2. The Morgan fingerprint density at radius 1 is 1.16 bits per heavy atom. The van der Waals surface area contributed by atoms with Crippen LogP contribution in [0.1, 0.15) is 51.4 Å².